The third-order valence-electron chi connectivity index (χ3n) is 2.22. The molecule has 0 aromatic heterocycles. The first-order valence-electron chi connectivity index (χ1n) is 4.54. The van der Waals surface area contributed by atoms with Crippen LogP contribution >= 0.6 is 0 Å². The Balaban J connectivity index is 2.80. The Kier molecular flexibility index (Phi) is 3.18. The zero-order valence-electron chi connectivity index (χ0n) is 8.21. The summed E-state index contributed by atoms with van der Waals surface area (Å²) in [6.07, 6.45) is 6.37. The molecule has 2 nitrogen and oxygen atoms in total. The second-order valence-corrected chi connectivity index (χ2v) is 3.31. The van der Waals surface area contributed by atoms with E-state index in [1.165, 1.54) is 25.3 Å². The number of aliphatic imine (C=N–C) groups is 1. The monoisotopic (exact) mass is 177 g/mol. The number of rotatable bonds is 4. The number of hydrogen-bond acceptors (Lipinski definition) is 2. The predicted molar refractivity (Wildman–Crippen MR) is 54.8 cm³/mol. The van der Waals surface area contributed by atoms with E-state index in [0.717, 1.165) is 0 Å². The molecule has 0 aromatic carbocycles. The van der Waals surface area contributed by atoms with Gasteiger partial charge in [0, 0.05) is 6.92 Å². The standard InChI is InChI=1S/C11H15NO/c1-4-9(10-5-6-10)7-11(12-3)8(2)13/h4,7,10H,3,5-6H2,1-2H3/b9-4+,11-7-. The van der Waals surface area contributed by atoms with Gasteiger partial charge in [-0.3, -0.25) is 9.79 Å². The first kappa shape index (κ1) is 9.90. The molecule has 1 fully saturated rings. The van der Waals surface area contributed by atoms with Crippen LogP contribution in [0.3, 0.4) is 0 Å². The largest absolute Gasteiger partial charge is 0.293 e. The molecule has 0 bridgehead atoms. The average molecular weight is 177 g/mol. The third-order valence-corrected chi connectivity index (χ3v) is 2.22. The Hall–Kier alpha value is -1.18. The number of hydrogen-bond donors (Lipinski definition) is 0. The summed E-state index contributed by atoms with van der Waals surface area (Å²) < 4.78 is 0. The molecule has 1 rings (SSSR count). The number of nitrogens with zero attached hydrogens (tertiary/aromatic N) is 1. The molecule has 1 aliphatic rings. The summed E-state index contributed by atoms with van der Waals surface area (Å²) in [6.45, 7) is 6.89. The van der Waals surface area contributed by atoms with Gasteiger partial charge in [0.1, 0.15) is 5.70 Å². The van der Waals surface area contributed by atoms with Crippen LogP contribution in [-0.2, 0) is 4.79 Å². The topological polar surface area (TPSA) is 29.4 Å². The van der Waals surface area contributed by atoms with Crippen molar-refractivity contribution >= 4 is 12.5 Å². The lowest BCUT2D eigenvalue weighted by atomic mass is 10.1. The van der Waals surface area contributed by atoms with Crippen molar-refractivity contribution in [2.75, 3.05) is 0 Å². The van der Waals surface area contributed by atoms with E-state index in [0.29, 0.717) is 11.6 Å². The third kappa shape index (κ3) is 2.65. The van der Waals surface area contributed by atoms with Crippen LogP contribution in [0.25, 0.3) is 0 Å². The van der Waals surface area contributed by atoms with E-state index in [1.807, 2.05) is 19.1 Å². The van der Waals surface area contributed by atoms with Crippen LogP contribution in [0, 0.1) is 5.92 Å². The van der Waals surface area contributed by atoms with Crippen LogP contribution in [0.2, 0.25) is 0 Å². The number of Topliss-reactive ketones (excluding diaryl/α,β-unsaturated/α-hetero) is 1. The Bertz CT molecular complexity index is 282. The van der Waals surface area contributed by atoms with Crippen LogP contribution in [0.1, 0.15) is 26.7 Å². The zero-order valence-corrected chi connectivity index (χ0v) is 8.21. The van der Waals surface area contributed by atoms with Gasteiger partial charge in [0.15, 0.2) is 5.78 Å². The molecule has 2 heteroatoms. The van der Waals surface area contributed by atoms with Crippen LogP contribution in [0.4, 0.5) is 0 Å². The van der Waals surface area contributed by atoms with Crippen molar-refractivity contribution in [1.29, 1.82) is 0 Å². The molecule has 0 radical (unpaired) electrons. The van der Waals surface area contributed by atoms with Crippen LogP contribution in [0.15, 0.2) is 28.4 Å². The van der Waals surface area contributed by atoms with E-state index < -0.39 is 0 Å². The number of carbonyl (C=O) groups excluding carboxylic acids is 1. The highest BCUT2D eigenvalue weighted by molar-refractivity contribution is 5.94. The van der Waals surface area contributed by atoms with Gasteiger partial charge in [0.05, 0.1) is 0 Å². The summed E-state index contributed by atoms with van der Waals surface area (Å²) in [4.78, 5) is 14.7. The van der Waals surface area contributed by atoms with Crippen molar-refractivity contribution in [3.63, 3.8) is 0 Å². The fraction of sp³-hybridized carbons (Fsp3) is 0.455. The highest BCUT2D eigenvalue weighted by atomic mass is 16.1. The molecule has 1 saturated carbocycles. The van der Waals surface area contributed by atoms with Crippen molar-refractivity contribution in [3.8, 4) is 0 Å². The summed E-state index contributed by atoms with van der Waals surface area (Å²) in [7, 11) is 0. The lowest BCUT2D eigenvalue weighted by Gasteiger charge is -1.99. The fourth-order valence-electron chi connectivity index (χ4n) is 1.27. The van der Waals surface area contributed by atoms with Crippen molar-refractivity contribution in [2.45, 2.75) is 26.7 Å². The normalized spacial score (nSPS) is 18.6. The van der Waals surface area contributed by atoms with E-state index in [-0.39, 0.29) is 5.78 Å². The fourth-order valence-corrected chi connectivity index (χ4v) is 1.27. The van der Waals surface area contributed by atoms with Gasteiger partial charge in [0.2, 0.25) is 0 Å². The molecule has 1 aliphatic carbocycles. The zero-order chi connectivity index (χ0) is 9.84. The lowest BCUT2D eigenvalue weighted by molar-refractivity contribution is -0.113. The molecule has 0 amide bonds. The average Bonchev–Trinajstić information content (AvgIpc) is 2.89. The van der Waals surface area contributed by atoms with E-state index in [1.54, 1.807) is 0 Å². The minimum Gasteiger partial charge on any atom is -0.293 e. The van der Waals surface area contributed by atoms with E-state index >= 15 is 0 Å². The first-order chi connectivity index (χ1) is 6.19. The molecule has 13 heavy (non-hydrogen) atoms. The molecular weight excluding hydrogens is 162 g/mol. The van der Waals surface area contributed by atoms with Crippen LogP contribution in [0.5, 0.6) is 0 Å². The van der Waals surface area contributed by atoms with E-state index in [9.17, 15) is 4.79 Å². The molecule has 0 spiro atoms. The minimum atomic E-state index is -0.0185. The summed E-state index contributed by atoms with van der Waals surface area (Å²) in [5, 5.41) is 0. The molecule has 0 N–H and O–H groups in total. The summed E-state index contributed by atoms with van der Waals surface area (Å²) in [6, 6.07) is 0. The highest BCUT2D eigenvalue weighted by Gasteiger charge is 2.24. The quantitative estimate of drug-likeness (QED) is 0.368. The smallest absolute Gasteiger partial charge is 0.178 e. The van der Waals surface area contributed by atoms with Gasteiger partial charge in [0.25, 0.3) is 0 Å². The van der Waals surface area contributed by atoms with Crippen molar-refractivity contribution < 1.29 is 4.79 Å². The van der Waals surface area contributed by atoms with Gasteiger partial charge in [-0.2, -0.15) is 0 Å². The maximum Gasteiger partial charge on any atom is 0.178 e. The Morgan fingerprint density at radius 1 is 1.54 bits per heavy atom. The van der Waals surface area contributed by atoms with Gasteiger partial charge < -0.3 is 0 Å². The molecule has 0 atom stereocenters. The molecule has 0 aliphatic heterocycles. The van der Waals surface area contributed by atoms with Gasteiger partial charge in [-0.05, 0) is 44.0 Å². The maximum absolute atomic E-state index is 11.0. The maximum atomic E-state index is 11.0. The SMILES string of the molecule is C=N/C(=C\C(=C/C)C1CC1)C(C)=O. The summed E-state index contributed by atoms with van der Waals surface area (Å²) in [5.41, 5.74) is 1.69. The molecule has 70 valence electrons. The van der Waals surface area contributed by atoms with Crippen molar-refractivity contribution in [1.82, 2.24) is 0 Å². The van der Waals surface area contributed by atoms with Crippen molar-refractivity contribution in [3.05, 3.63) is 23.4 Å². The van der Waals surface area contributed by atoms with Gasteiger partial charge in [-0.1, -0.05) is 6.08 Å². The molecule has 0 heterocycles. The second-order valence-electron chi connectivity index (χ2n) is 3.31. The predicted octanol–water partition coefficient (Wildman–Crippen LogP) is 2.52. The first-order valence-corrected chi connectivity index (χ1v) is 4.54. The van der Waals surface area contributed by atoms with Crippen LogP contribution in [-0.4, -0.2) is 12.5 Å². The van der Waals surface area contributed by atoms with Crippen molar-refractivity contribution in [2.24, 2.45) is 10.9 Å². The highest BCUT2D eigenvalue weighted by Crippen LogP contribution is 2.37. The summed E-state index contributed by atoms with van der Waals surface area (Å²) >= 11 is 0. The molecular formula is C11H15NO. The van der Waals surface area contributed by atoms with Gasteiger partial charge in [-0.15, -0.1) is 0 Å². The molecule has 0 unspecified atom stereocenters. The molecule has 0 aromatic rings. The number of allylic oxidation sites excluding steroid dienone is 4. The molecule has 0 saturated heterocycles. The summed E-state index contributed by atoms with van der Waals surface area (Å²) in [5.74, 6) is 0.635. The van der Waals surface area contributed by atoms with Gasteiger partial charge in [-0.25, -0.2) is 0 Å². The number of ketones is 1. The van der Waals surface area contributed by atoms with Gasteiger partial charge >= 0.3 is 0 Å². The Morgan fingerprint density at radius 3 is 2.46 bits per heavy atom. The van der Waals surface area contributed by atoms with Crippen LogP contribution < -0.4 is 0 Å². The Labute approximate surface area is 79.1 Å². The second kappa shape index (κ2) is 4.17. The van der Waals surface area contributed by atoms with E-state index in [2.05, 4.69) is 11.7 Å². The Morgan fingerprint density at radius 2 is 2.15 bits per heavy atom. The number of carbonyl (C=O) groups is 1. The minimum absolute atomic E-state index is 0.0185. The lowest BCUT2D eigenvalue weighted by Crippen LogP contribution is -1.94. The van der Waals surface area contributed by atoms with E-state index in [4.69, 9.17) is 0 Å².